The molecule has 1 atom stereocenters. The van der Waals surface area contributed by atoms with Crippen LogP contribution in [0.4, 0.5) is 0 Å². The van der Waals surface area contributed by atoms with E-state index in [4.69, 9.17) is 0 Å². The second kappa shape index (κ2) is 3.97. The molecular weight excluding hydrogens is 136 g/mol. The van der Waals surface area contributed by atoms with E-state index in [1.165, 1.54) is 12.5 Å². The van der Waals surface area contributed by atoms with Crippen molar-refractivity contribution < 1.29 is 0 Å². The van der Waals surface area contributed by atoms with E-state index in [1.54, 1.807) is 0 Å². The standard InChI is InChI=1S/C9H20Si/c1-6-7-9(2)8-10(3,4)5/h6,9H,1,7-8H2,2-5H3. The van der Waals surface area contributed by atoms with Crippen LogP contribution in [0.1, 0.15) is 13.3 Å². The van der Waals surface area contributed by atoms with E-state index < -0.39 is 8.07 Å². The minimum absolute atomic E-state index is 0.805. The van der Waals surface area contributed by atoms with Crippen molar-refractivity contribution in [2.75, 3.05) is 0 Å². The van der Waals surface area contributed by atoms with Gasteiger partial charge in [-0.05, 0) is 12.3 Å². The first-order chi connectivity index (χ1) is 4.45. The third-order valence-electron chi connectivity index (χ3n) is 1.53. The molecule has 10 heavy (non-hydrogen) atoms. The lowest BCUT2D eigenvalue weighted by atomic mass is 10.1. The van der Waals surface area contributed by atoms with Crippen LogP contribution in [0.5, 0.6) is 0 Å². The normalized spacial score (nSPS) is 14.8. The molecule has 0 heterocycles. The fraction of sp³-hybridized carbons (Fsp3) is 0.778. The van der Waals surface area contributed by atoms with Crippen LogP contribution in [0.25, 0.3) is 0 Å². The molecule has 0 aliphatic carbocycles. The minimum atomic E-state index is -0.805. The maximum absolute atomic E-state index is 3.75. The number of rotatable bonds is 4. The van der Waals surface area contributed by atoms with E-state index in [9.17, 15) is 0 Å². The largest absolute Gasteiger partial charge is 0.103 e. The van der Waals surface area contributed by atoms with Crippen LogP contribution < -0.4 is 0 Å². The molecule has 0 saturated carbocycles. The highest BCUT2D eigenvalue weighted by Crippen LogP contribution is 2.18. The summed E-state index contributed by atoms with van der Waals surface area (Å²) in [7, 11) is -0.805. The first-order valence-corrected chi connectivity index (χ1v) is 7.77. The highest BCUT2D eigenvalue weighted by molar-refractivity contribution is 6.76. The molecule has 0 aliphatic heterocycles. The van der Waals surface area contributed by atoms with E-state index in [2.05, 4.69) is 33.1 Å². The van der Waals surface area contributed by atoms with Crippen LogP contribution >= 0.6 is 0 Å². The van der Waals surface area contributed by atoms with E-state index in [1.807, 2.05) is 6.08 Å². The number of hydrogen-bond acceptors (Lipinski definition) is 0. The van der Waals surface area contributed by atoms with Gasteiger partial charge in [0.05, 0.1) is 0 Å². The predicted molar refractivity (Wildman–Crippen MR) is 52.1 cm³/mol. The summed E-state index contributed by atoms with van der Waals surface area (Å²) in [6.45, 7) is 13.3. The van der Waals surface area contributed by atoms with Crippen LogP contribution in [0.3, 0.4) is 0 Å². The minimum Gasteiger partial charge on any atom is -0.103 e. The lowest BCUT2D eigenvalue weighted by Gasteiger charge is -2.19. The van der Waals surface area contributed by atoms with Gasteiger partial charge in [0.25, 0.3) is 0 Å². The summed E-state index contributed by atoms with van der Waals surface area (Å²) in [6, 6.07) is 1.43. The van der Waals surface area contributed by atoms with Gasteiger partial charge in [-0.25, -0.2) is 0 Å². The van der Waals surface area contributed by atoms with E-state index in [0.29, 0.717) is 0 Å². The van der Waals surface area contributed by atoms with Crippen molar-refractivity contribution in [1.82, 2.24) is 0 Å². The van der Waals surface area contributed by atoms with Gasteiger partial charge in [0.1, 0.15) is 0 Å². The first-order valence-electron chi connectivity index (χ1n) is 4.06. The molecule has 0 radical (unpaired) electrons. The maximum atomic E-state index is 3.75. The van der Waals surface area contributed by atoms with Gasteiger partial charge >= 0.3 is 0 Å². The van der Waals surface area contributed by atoms with Gasteiger partial charge in [-0.15, -0.1) is 6.58 Å². The van der Waals surface area contributed by atoms with Crippen molar-refractivity contribution >= 4 is 8.07 Å². The summed E-state index contributed by atoms with van der Waals surface area (Å²) in [5, 5.41) is 0. The highest BCUT2D eigenvalue weighted by atomic mass is 28.3. The van der Waals surface area contributed by atoms with Crippen molar-refractivity contribution in [3.63, 3.8) is 0 Å². The van der Waals surface area contributed by atoms with Crippen molar-refractivity contribution in [2.45, 2.75) is 39.0 Å². The smallest absolute Gasteiger partial charge is 0.0445 e. The SMILES string of the molecule is C=CCC(C)C[Si](C)(C)C. The molecule has 1 heteroatoms. The molecule has 0 aromatic rings. The Morgan fingerprint density at radius 2 is 1.90 bits per heavy atom. The third kappa shape index (κ3) is 6.08. The Kier molecular flexibility index (Phi) is 3.95. The third-order valence-corrected chi connectivity index (χ3v) is 3.45. The molecule has 0 aromatic carbocycles. The van der Waals surface area contributed by atoms with Gasteiger partial charge in [-0.2, -0.15) is 0 Å². The zero-order chi connectivity index (χ0) is 8.20. The maximum Gasteiger partial charge on any atom is 0.0445 e. The molecule has 0 spiro atoms. The van der Waals surface area contributed by atoms with E-state index in [-0.39, 0.29) is 0 Å². The summed E-state index contributed by atoms with van der Waals surface area (Å²) in [5.41, 5.74) is 0. The second-order valence-electron chi connectivity index (χ2n) is 4.39. The number of allylic oxidation sites excluding steroid dienone is 1. The Balaban J connectivity index is 3.56. The van der Waals surface area contributed by atoms with Crippen molar-refractivity contribution in [3.8, 4) is 0 Å². The van der Waals surface area contributed by atoms with Crippen LogP contribution in [0, 0.1) is 5.92 Å². The van der Waals surface area contributed by atoms with E-state index in [0.717, 1.165) is 5.92 Å². The molecule has 60 valence electrons. The summed E-state index contributed by atoms with van der Waals surface area (Å²) < 4.78 is 0. The van der Waals surface area contributed by atoms with Crippen molar-refractivity contribution in [3.05, 3.63) is 12.7 Å². The van der Waals surface area contributed by atoms with Gasteiger partial charge < -0.3 is 0 Å². The molecule has 0 rings (SSSR count). The van der Waals surface area contributed by atoms with Gasteiger partial charge in [0, 0.05) is 8.07 Å². The summed E-state index contributed by atoms with van der Waals surface area (Å²) >= 11 is 0. The molecule has 0 saturated heterocycles. The molecule has 0 aromatic heterocycles. The Labute approximate surface area is 66.4 Å². The summed E-state index contributed by atoms with van der Waals surface area (Å²) in [6.07, 6.45) is 3.22. The molecule has 1 unspecified atom stereocenters. The number of hydrogen-bond donors (Lipinski definition) is 0. The fourth-order valence-electron chi connectivity index (χ4n) is 1.41. The molecule has 0 fully saturated rings. The molecule has 0 bridgehead atoms. The Morgan fingerprint density at radius 1 is 1.40 bits per heavy atom. The average Bonchev–Trinajstić information content (AvgIpc) is 1.59. The lowest BCUT2D eigenvalue weighted by molar-refractivity contribution is 0.652. The Bertz CT molecular complexity index is 99.8. The van der Waals surface area contributed by atoms with Crippen molar-refractivity contribution in [1.29, 1.82) is 0 Å². The zero-order valence-corrected chi connectivity index (χ0v) is 8.78. The van der Waals surface area contributed by atoms with Gasteiger partial charge in [0.2, 0.25) is 0 Å². The zero-order valence-electron chi connectivity index (χ0n) is 7.78. The average molecular weight is 156 g/mol. The molecule has 0 N–H and O–H groups in total. The van der Waals surface area contributed by atoms with Crippen LogP contribution in [0.15, 0.2) is 12.7 Å². The monoisotopic (exact) mass is 156 g/mol. The predicted octanol–water partition coefficient (Wildman–Crippen LogP) is 3.54. The molecule has 0 nitrogen and oxygen atoms in total. The summed E-state index contributed by atoms with van der Waals surface area (Å²) in [5.74, 6) is 0.851. The molecular formula is C9H20Si. The van der Waals surface area contributed by atoms with Crippen LogP contribution in [-0.2, 0) is 0 Å². The first kappa shape index (κ1) is 9.96. The highest BCUT2D eigenvalue weighted by Gasteiger charge is 2.15. The lowest BCUT2D eigenvalue weighted by Crippen LogP contribution is -2.22. The van der Waals surface area contributed by atoms with Crippen LogP contribution in [-0.4, -0.2) is 8.07 Å². The van der Waals surface area contributed by atoms with Gasteiger partial charge in [0.15, 0.2) is 0 Å². The fourth-order valence-corrected chi connectivity index (χ4v) is 3.67. The van der Waals surface area contributed by atoms with Crippen LogP contribution in [0.2, 0.25) is 25.7 Å². The molecule has 0 amide bonds. The second-order valence-corrected chi connectivity index (χ2v) is 9.92. The summed E-state index contributed by atoms with van der Waals surface area (Å²) in [4.78, 5) is 0. The Morgan fingerprint density at radius 3 is 2.20 bits per heavy atom. The van der Waals surface area contributed by atoms with Crippen molar-refractivity contribution in [2.24, 2.45) is 5.92 Å². The van der Waals surface area contributed by atoms with E-state index >= 15 is 0 Å². The molecule has 0 aliphatic rings. The Hall–Kier alpha value is -0.0431. The quantitative estimate of drug-likeness (QED) is 0.431. The topological polar surface area (TPSA) is 0 Å². The van der Waals surface area contributed by atoms with Gasteiger partial charge in [-0.3, -0.25) is 0 Å². The van der Waals surface area contributed by atoms with Gasteiger partial charge in [-0.1, -0.05) is 38.7 Å².